The number of anilines is 1. The number of hydrogen-bond acceptors (Lipinski definition) is 2. The summed E-state index contributed by atoms with van der Waals surface area (Å²) in [5.41, 5.74) is 4.56. The third-order valence-corrected chi connectivity index (χ3v) is 5.14. The van der Waals surface area contributed by atoms with Crippen molar-refractivity contribution in [2.75, 3.05) is 5.32 Å². The number of halogens is 1. The van der Waals surface area contributed by atoms with Crippen LogP contribution in [0.15, 0.2) is 47.5 Å². The highest BCUT2D eigenvalue weighted by Gasteiger charge is 2.36. The zero-order valence-corrected chi connectivity index (χ0v) is 16.4. The summed E-state index contributed by atoms with van der Waals surface area (Å²) in [6, 6.07) is 13.0. The Morgan fingerprint density at radius 1 is 1.19 bits per heavy atom. The van der Waals surface area contributed by atoms with Gasteiger partial charge < -0.3 is 10.6 Å². The third kappa shape index (κ3) is 3.79. The van der Waals surface area contributed by atoms with Gasteiger partial charge in [0, 0.05) is 16.4 Å². The number of nitrogens with zero attached hydrogens (tertiary/aromatic N) is 1. The summed E-state index contributed by atoms with van der Waals surface area (Å²) >= 11 is 11.4. The van der Waals surface area contributed by atoms with Crippen molar-refractivity contribution in [1.82, 2.24) is 5.32 Å². The van der Waals surface area contributed by atoms with E-state index in [0.29, 0.717) is 15.8 Å². The zero-order valence-electron chi connectivity index (χ0n) is 14.8. The van der Waals surface area contributed by atoms with Gasteiger partial charge in [0.05, 0.1) is 6.04 Å². The summed E-state index contributed by atoms with van der Waals surface area (Å²) in [4.78, 5) is 17.4. The Balaban J connectivity index is 1.95. The fourth-order valence-electron chi connectivity index (χ4n) is 3.13. The first-order valence-corrected chi connectivity index (χ1v) is 9.13. The van der Waals surface area contributed by atoms with Gasteiger partial charge in [0.1, 0.15) is 5.92 Å². The van der Waals surface area contributed by atoms with Gasteiger partial charge in [0.2, 0.25) is 5.91 Å². The van der Waals surface area contributed by atoms with E-state index in [0.717, 1.165) is 22.4 Å². The molecule has 6 heteroatoms. The molecule has 0 fully saturated rings. The number of hydrogen-bond donors (Lipinski definition) is 2. The molecule has 0 radical (unpaired) electrons. The Labute approximate surface area is 163 Å². The molecule has 2 atom stereocenters. The van der Waals surface area contributed by atoms with E-state index in [2.05, 4.69) is 15.6 Å². The second-order valence-electron chi connectivity index (χ2n) is 6.45. The van der Waals surface area contributed by atoms with Gasteiger partial charge in [-0.25, -0.2) is 4.99 Å². The smallest absolute Gasteiger partial charge is 0.235 e. The Morgan fingerprint density at radius 2 is 1.92 bits per heavy atom. The average molecular weight is 386 g/mol. The van der Waals surface area contributed by atoms with E-state index >= 15 is 0 Å². The number of aliphatic imine (C=N–C) groups is 1. The molecule has 0 aliphatic carbocycles. The maximum atomic E-state index is 13.1. The largest absolute Gasteiger partial charge is 0.353 e. The van der Waals surface area contributed by atoms with Gasteiger partial charge in [0.25, 0.3) is 0 Å². The van der Waals surface area contributed by atoms with Crippen LogP contribution in [0, 0.1) is 19.8 Å². The molecule has 0 bridgehead atoms. The van der Waals surface area contributed by atoms with Crippen LogP contribution < -0.4 is 10.6 Å². The van der Waals surface area contributed by atoms with Crippen LogP contribution in [0.25, 0.3) is 0 Å². The topological polar surface area (TPSA) is 53.5 Å². The minimum Gasteiger partial charge on any atom is -0.353 e. The van der Waals surface area contributed by atoms with Crippen LogP contribution in [-0.4, -0.2) is 16.7 Å². The lowest BCUT2D eigenvalue weighted by molar-refractivity contribution is -0.118. The third-order valence-electron chi connectivity index (χ3n) is 4.69. The molecule has 1 amide bonds. The molecule has 2 aromatic rings. The Kier molecular flexibility index (Phi) is 5.39. The van der Waals surface area contributed by atoms with E-state index in [1.165, 1.54) is 0 Å². The molecular formula is C20H20ClN3OS. The van der Waals surface area contributed by atoms with Crippen molar-refractivity contribution in [2.24, 2.45) is 10.9 Å². The van der Waals surface area contributed by atoms with Crippen LogP contribution in [0.3, 0.4) is 0 Å². The predicted octanol–water partition coefficient (Wildman–Crippen LogP) is 4.60. The number of amides is 1. The van der Waals surface area contributed by atoms with Gasteiger partial charge in [-0.2, -0.15) is 0 Å². The van der Waals surface area contributed by atoms with Crippen molar-refractivity contribution in [3.8, 4) is 0 Å². The first-order chi connectivity index (χ1) is 12.4. The lowest BCUT2D eigenvalue weighted by atomic mass is 9.87. The van der Waals surface area contributed by atoms with E-state index in [-0.39, 0.29) is 11.9 Å². The summed E-state index contributed by atoms with van der Waals surface area (Å²) in [5.74, 6) is -0.611. The van der Waals surface area contributed by atoms with Crippen molar-refractivity contribution >= 4 is 46.2 Å². The molecule has 1 aliphatic rings. The molecule has 3 rings (SSSR count). The number of nitrogens with one attached hydrogen (secondary N) is 2. The summed E-state index contributed by atoms with van der Waals surface area (Å²) in [5, 5.41) is 7.19. The number of benzene rings is 2. The maximum Gasteiger partial charge on any atom is 0.235 e. The first-order valence-electron chi connectivity index (χ1n) is 8.35. The number of rotatable bonds is 3. The standard InChI is InChI=1S/C20H20ClN3OS/c1-11-6-4-9-16(12(11)2)23-19(25)17-13(3)22-20(26)24-18(17)14-7-5-8-15(21)10-14/h4-10,17-18H,1-3H3,(H,23,25)(H,24,26). The number of aryl methyl sites for hydroxylation is 1. The first kappa shape index (κ1) is 18.5. The van der Waals surface area contributed by atoms with Gasteiger partial charge >= 0.3 is 0 Å². The van der Waals surface area contributed by atoms with Crippen LogP contribution in [0.4, 0.5) is 5.69 Å². The zero-order chi connectivity index (χ0) is 18.8. The Hall–Kier alpha value is -2.24. The summed E-state index contributed by atoms with van der Waals surface area (Å²) < 4.78 is 0. The van der Waals surface area contributed by atoms with Gasteiger partial charge in [-0.05, 0) is 67.9 Å². The summed E-state index contributed by atoms with van der Waals surface area (Å²) in [7, 11) is 0. The molecule has 4 nitrogen and oxygen atoms in total. The minimum absolute atomic E-state index is 0.125. The monoisotopic (exact) mass is 385 g/mol. The highest BCUT2D eigenvalue weighted by Crippen LogP contribution is 2.30. The summed E-state index contributed by atoms with van der Waals surface area (Å²) in [6.45, 7) is 5.85. The number of carbonyl (C=O) groups is 1. The second kappa shape index (κ2) is 7.56. The fourth-order valence-corrected chi connectivity index (χ4v) is 3.60. The van der Waals surface area contributed by atoms with Crippen molar-refractivity contribution in [2.45, 2.75) is 26.8 Å². The van der Waals surface area contributed by atoms with Crippen LogP contribution in [0.2, 0.25) is 5.02 Å². The van der Waals surface area contributed by atoms with E-state index < -0.39 is 5.92 Å². The molecule has 2 unspecified atom stereocenters. The fraction of sp³-hybridized carbons (Fsp3) is 0.250. The molecule has 2 N–H and O–H groups in total. The van der Waals surface area contributed by atoms with Crippen molar-refractivity contribution in [3.63, 3.8) is 0 Å². The van der Waals surface area contributed by atoms with Crippen molar-refractivity contribution < 1.29 is 4.79 Å². The van der Waals surface area contributed by atoms with Crippen LogP contribution in [0.5, 0.6) is 0 Å². The van der Waals surface area contributed by atoms with E-state index in [4.69, 9.17) is 23.8 Å². The highest BCUT2D eigenvalue weighted by molar-refractivity contribution is 7.80. The molecule has 0 saturated carbocycles. The van der Waals surface area contributed by atoms with E-state index in [1.54, 1.807) is 6.07 Å². The molecule has 1 heterocycles. The Morgan fingerprint density at radius 3 is 2.65 bits per heavy atom. The normalized spacial score (nSPS) is 19.5. The van der Waals surface area contributed by atoms with Crippen LogP contribution in [0.1, 0.15) is 29.7 Å². The molecule has 1 aliphatic heterocycles. The molecule has 26 heavy (non-hydrogen) atoms. The number of carbonyl (C=O) groups excluding carboxylic acids is 1. The second-order valence-corrected chi connectivity index (χ2v) is 7.27. The average Bonchev–Trinajstić information content (AvgIpc) is 2.58. The van der Waals surface area contributed by atoms with Crippen LogP contribution >= 0.6 is 23.8 Å². The summed E-state index contributed by atoms with van der Waals surface area (Å²) in [6.07, 6.45) is 0. The molecular weight excluding hydrogens is 366 g/mol. The quantitative estimate of drug-likeness (QED) is 0.759. The lowest BCUT2D eigenvalue weighted by Gasteiger charge is -2.32. The molecule has 134 valence electrons. The predicted molar refractivity (Wildman–Crippen MR) is 111 cm³/mol. The molecule has 2 aromatic carbocycles. The molecule has 0 spiro atoms. The van der Waals surface area contributed by atoms with Gasteiger partial charge in [0.15, 0.2) is 5.11 Å². The van der Waals surface area contributed by atoms with Gasteiger partial charge in [-0.15, -0.1) is 0 Å². The number of thiocarbonyl (C=S) groups is 1. The molecule has 0 saturated heterocycles. The highest BCUT2D eigenvalue weighted by atomic mass is 35.5. The van der Waals surface area contributed by atoms with Crippen molar-refractivity contribution in [1.29, 1.82) is 0 Å². The maximum absolute atomic E-state index is 13.1. The minimum atomic E-state index is -0.486. The lowest BCUT2D eigenvalue weighted by Crippen LogP contribution is -2.45. The van der Waals surface area contributed by atoms with Crippen LogP contribution in [-0.2, 0) is 4.79 Å². The Bertz CT molecular complexity index is 910. The molecule has 0 aromatic heterocycles. The van der Waals surface area contributed by atoms with Gasteiger partial charge in [-0.1, -0.05) is 35.9 Å². The van der Waals surface area contributed by atoms with Crippen molar-refractivity contribution in [3.05, 3.63) is 64.2 Å². The van der Waals surface area contributed by atoms with E-state index in [1.807, 2.05) is 57.2 Å². The van der Waals surface area contributed by atoms with E-state index in [9.17, 15) is 4.79 Å². The van der Waals surface area contributed by atoms with Gasteiger partial charge in [-0.3, -0.25) is 4.79 Å². The SMILES string of the molecule is CC1=NC(=S)NC(c2cccc(Cl)c2)C1C(=O)Nc1cccc(C)c1C.